The second-order valence-electron chi connectivity index (χ2n) is 7.37. The molecule has 32 heavy (non-hydrogen) atoms. The number of aryl methyl sites for hydroxylation is 1. The van der Waals surface area contributed by atoms with E-state index in [2.05, 4.69) is 19.9 Å². The molecule has 0 saturated carbocycles. The number of alkyl halides is 3. The van der Waals surface area contributed by atoms with E-state index in [0.29, 0.717) is 16.8 Å². The summed E-state index contributed by atoms with van der Waals surface area (Å²) in [6, 6.07) is 5.76. The number of nitrogens with one attached hydrogen (secondary N) is 1. The molecule has 1 N–H and O–H groups in total. The van der Waals surface area contributed by atoms with Crippen LogP contribution in [0.1, 0.15) is 18.2 Å². The Morgan fingerprint density at radius 3 is 2.56 bits per heavy atom. The maximum atomic E-state index is 13.1. The number of halogens is 3. The third-order valence-corrected chi connectivity index (χ3v) is 5.78. The highest BCUT2D eigenvalue weighted by molar-refractivity contribution is 7.86. The molecule has 1 unspecified atom stereocenters. The van der Waals surface area contributed by atoms with Gasteiger partial charge in [-0.25, -0.2) is 8.89 Å². The number of pyridine rings is 1. The molecule has 4 rings (SSSR count). The number of hydrogen-bond donors (Lipinski definition) is 1. The van der Waals surface area contributed by atoms with Gasteiger partial charge in [0.2, 0.25) is 0 Å². The van der Waals surface area contributed by atoms with Gasteiger partial charge >= 0.3 is 6.18 Å². The topological polar surface area (TPSA) is 77.6 Å². The van der Waals surface area contributed by atoms with Crippen LogP contribution in [0.2, 0.25) is 0 Å². The predicted molar refractivity (Wildman–Crippen MR) is 116 cm³/mol. The molecule has 0 spiro atoms. The van der Waals surface area contributed by atoms with E-state index in [9.17, 15) is 17.4 Å². The monoisotopic (exact) mass is 454 g/mol. The van der Waals surface area contributed by atoms with Crippen molar-refractivity contribution in [3.05, 3.63) is 60.3 Å². The first-order chi connectivity index (χ1) is 14.9. The lowest BCUT2D eigenvalue weighted by molar-refractivity contribution is -0.141. The second kappa shape index (κ2) is 7.80. The fourth-order valence-corrected chi connectivity index (χ4v) is 4.08. The van der Waals surface area contributed by atoms with Crippen molar-refractivity contribution in [2.75, 3.05) is 4.72 Å². The van der Waals surface area contributed by atoms with Gasteiger partial charge < -0.3 is 0 Å². The first-order valence-corrected chi connectivity index (χ1v) is 10.4. The molecule has 0 fully saturated rings. The van der Waals surface area contributed by atoms with E-state index in [0.717, 1.165) is 17.6 Å². The zero-order valence-electron chi connectivity index (χ0n) is 17.0. The van der Waals surface area contributed by atoms with Crippen molar-refractivity contribution in [3.63, 3.8) is 0 Å². The van der Waals surface area contributed by atoms with Gasteiger partial charge in [-0.3, -0.25) is 14.4 Å². The summed E-state index contributed by atoms with van der Waals surface area (Å²) in [6.07, 6.45) is 0.756. The highest BCUT2D eigenvalue weighted by Crippen LogP contribution is 2.34. The van der Waals surface area contributed by atoms with Gasteiger partial charge in [0, 0.05) is 24.8 Å². The van der Waals surface area contributed by atoms with Crippen molar-refractivity contribution in [2.24, 2.45) is 7.05 Å². The van der Waals surface area contributed by atoms with E-state index < -0.39 is 28.1 Å². The lowest BCUT2D eigenvalue weighted by atomic mass is 9.52. The molecule has 0 amide bonds. The highest BCUT2D eigenvalue weighted by atomic mass is 32.2. The molecule has 4 aromatic rings. The zero-order chi connectivity index (χ0) is 23.3. The number of fused-ring (bicyclic) bond motifs is 1. The fraction of sp³-hybridized carbons (Fsp3) is 0.211. The van der Waals surface area contributed by atoms with E-state index in [4.69, 9.17) is 15.7 Å². The summed E-state index contributed by atoms with van der Waals surface area (Å²) in [6.45, 7) is 1.61. The van der Waals surface area contributed by atoms with Crippen LogP contribution in [0.25, 0.3) is 16.6 Å². The number of nitrogens with zero attached hydrogens (tertiary/aromatic N) is 5. The molecule has 0 aliphatic rings. The van der Waals surface area contributed by atoms with Gasteiger partial charge in [-0.1, -0.05) is 24.3 Å². The Morgan fingerprint density at radius 1 is 1.12 bits per heavy atom. The summed E-state index contributed by atoms with van der Waals surface area (Å²) in [7, 11) is 12.1. The smallest absolute Gasteiger partial charge is 0.299 e. The Kier molecular flexibility index (Phi) is 5.40. The van der Waals surface area contributed by atoms with Crippen LogP contribution in [0.5, 0.6) is 0 Å². The maximum Gasteiger partial charge on any atom is 0.433 e. The van der Waals surface area contributed by atoms with Crippen molar-refractivity contribution < 1.29 is 17.4 Å². The summed E-state index contributed by atoms with van der Waals surface area (Å²) in [5.74, 6) is 0. The van der Waals surface area contributed by atoms with Crippen LogP contribution >= 0.6 is 0 Å². The molecule has 0 saturated heterocycles. The van der Waals surface area contributed by atoms with E-state index in [1.807, 2.05) is 6.07 Å². The first kappa shape index (κ1) is 22.1. The normalized spacial score (nSPS) is 13.4. The lowest BCUT2D eigenvalue weighted by Crippen LogP contribution is -2.24. The Labute approximate surface area is 186 Å². The van der Waals surface area contributed by atoms with Crippen LogP contribution < -0.4 is 4.72 Å². The van der Waals surface area contributed by atoms with Crippen molar-refractivity contribution in [1.29, 1.82) is 0 Å². The lowest BCUT2D eigenvalue weighted by Gasteiger charge is -2.24. The minimum atomic E-state index is -4.59. The minimum absolute atomic E-state index is 0.126. The molecular weight excluding hydrogens is 439 g/mol. The van der Waals surface area contributed by atoms with Gasteiger partial charge in [0.1, 0.15) is 5.69 Å². The Morgan fingerprint density at radius 2 is 1.88 bits per heavy atom. The fourth-order valence-electron chi connectivity index (χ4n) is 3.23. The molecule has 3 aromatic heterocycles. The summed E-state index contributed by atoms with van der Waals surface area (Å²) < 4.78 is 57.6. The maximum absolute atomic E-state index is 13.1. The number of aromatic nitrogens is 5. The van der Waals surface area contributed by atoms with E-state index in [-0.39, 0.29) is 10.6 Å². The predicted octanol–water partition coefficient (Wildman–Crippen LogP) is 2.82. The molecular formula is C19H15B2F3N6OS. The van der Waals surface area contributed by atoms with Gasteiger partial charge in [0.05, 0.1) is 49.9 Å². The molecule has 160 valence electrons. The second-order valence-corrected chi connectivity index (χ2v) is 8.58. The first-order valence-electron chi connectivity index (χ1n) is 9.25. The quantitative estimate of drug-likeness (QED) is 0.471. The average Bonchev–Trinajstić information content (AvgIpc) is 3.34. The summed E-state index contributed by atoms with van der Waals surface area (Å²) in [4.78, 5) is 3.56. The SMILES string of the molecule is [B]C([B])(C)c1ccc2cnn(C)c2c1NS(=O)c1cnn(-c2ccnc(C(F)(F)F)c2)c1. The number of benzene rings is 1. The molecule has 1 atom stereocenters. The summed E-state index contributed by atoms with van der Waals surface area (Å²) in [5, 5.41) is 7.80. The third kappa shape index (κ3) is 4.16. The molecule has 1 aromatic carbocycles. The number of rotatable bonds is 5. The number of anilines is 1. The molecule has 7 nitrogen and oxygen atoms in total. The standard InChI is InChI=1S/C19H15B2F3N6OS/c1-18(20,21)14-4-3-11-8-26-29(2)17(11)16(14)28-32(31)13-9-27-30(10-13)12-5-6-25-15(7-12)19(22,23)24/h3-10,28H,1-2H3. The Balaban J connectivity index is 1.69. The summed E-state index contributed by atoms with van der Waals surface area (Å²) >= 11 is 0. The van der Waals surface area contributed by atoms with Crippen molar-refractivity contribution in [3.8, 4) is 5.69 Å². The Bertz CT molecular complexity index is 1330. The molecule has 3 heterocycles. The van der Waals surface area contributed by atoms with Crippen LogP contribution in [0.15, 0.2) is 53.9 Å². The Hall–Kier alpha value is -3.08. The average molecular weight is 454 g/mol. The van der Waals surface area contributed by atoms with Crippen LogP contribution in [0.4, 0.5) is 18.9 Å². The number of hydrogen-bond acceptors (Lipinski definition) is 4. The summed E-state index contributed by atoms with van der Waals surface area (Å²) in [5.41, 5.74) is 0.669. The van der Waals surface area contributed by atoms with Crippen LogP contribution in [-0.2, 0) is 29.4 Å². The van der Waals surface area contributed by atoms with Crippen LogP contribution in [0.3, 0.4) is 0 Å². The molecule has 0 aliphatic heterocycles. The van der Waals surface area contributed by atoms with Gasteiger partial charge in [-0.05, 0) is 17.7 Å². The zero-order valence-corrected chi connectivity index (χ0v) is 17.8. The highest BCUT2D eigenvalue weighted by Gasteiger charge is 2.32. The van der Waals surface area contributed by atoms with Gasteiger partial charge in [-0.2, -0.15) is 23.4 Å². The van der Waals surface area contributed by atoms with Crippen LogP contribution in [-0.4, -0.2) is 44.4 Å². The van der Waals surface area contributed by atoms with Gasteiger partial charge in [0.15, 0.2) is 11.0 Å². The van der Waals surface area contributed by atoms with Crippen molar-refractivity contribution >= 4 is 43.3 Å². The third-order valence-electron chi connectivity index (χ3n) is 4.75. The van der Waals surface area contributed by atoms with Gasteiger partial charge in [0.25, 0.3) is 0 Å². The van der Waals surface area contributed by atoms with Crippen molar-refractivity contribution in [2.45, 2.75) is 23.2 Å². The van der Waals surface area contributed by atoms with E-state index in [1.165, 1.54) is 23.1 Å². The molecule has 4 radical (unpaired) electrons. The van der Waals surface area contributed by atoms with E-state index >= 15 is 0 Å². The molecule has 0 aliphatic carbocycles. The molecule has 0 bridgehead atoms. The van der Waals surface area contributed by atoms with Crippen LogP contribution in [0, 0.1) is 0 Å². The minimum Gasteiger partial charge on any atom is -0.299 e. The largest absolute Gasteiger partial charge is 0.433 e. The van der Waals surface area contributed by atoms with Gasteiger partial charge in [-0.15, -0.1) is 0 Å². The molecule has 13 heteroatoms. The van der Waals surface area contributed by atoms with E-state index in [1.54, 1.807) is 30.9 Å². The van der Waals surface area contributed by atoms with Crippen molar-refractivity contribution in [1.82, 2.24) is 24.5 Å².